The molecule has 2 nitrogen and oxygen atoms in total. The molecule has 0 aromatic carbocycles. The van der Waals surface area contributed by atoms with Gasteiger partial charge in [-0.25, -0.2) is 0 Å². The summed E-state index contributed by atoms with van der Waals surface area (Å²) in [4.78, 5) is 2.50. The molecule has 0 atom stereocenters. The number of rotatable bonds is 4. The van der Waals surface area contributed by atoms with Gasteiger partial charge in [-0.15, -0.1) is 0 Å². The average Bonchev–Trinajstić information content (AvgIpc) is 2.16. The molecule has 0 radical (unpaired) electrons. The quantitative estimate of drug-likeness (QED) is 0.775. The van der Waals surface area contributed by atoms with Crippen LogP contribution in [-0.2, 0) is 0 Å². The van der Waals surface area contributed by atoms with Crippen LogP contribution in [0.5, 0.6) is 0 Å². The summed E-state index contributed by atoms with van der Waals surface area (Å²) in [6, 6.07) is 0. The minimum atomic E-state index is -0.395. The Bertz CT molecular complexity index is 181. The van der Waals surface area contributed by atoms with Crippen molar-refractivity contribution in [2.24, 2.45) is 11.8 Å². The Morgan fingerprint density at radius 3 is 2.07 bits per heavy atom. The third-order valence-corrected chi connectivity index (χ3v) is 3.82. The lowest BCUT2D eigenvalue weighted by atomic mass is 9.81. The number of nitrogens with zero attached hydrogens (tertiary/aromatic N) is 1. The molecule has 2 heteroatoms. The van der Waals surface area contributed by atoms with Crippen LogP contribution in [0.25, 0.3) is 0 Å². The Hall–Kier alpha value is -0.0800. The van der Waals surface area contributed by atoms with Gasteiger partial charge in [0.05, 0.1) is 5.60 Å². The van der Waals surface area contributed by atoms with Crippen molar-refractivity contribution in [1.29, 1.82) is 0 Å². The Morgan fingerprint density at radius 2 is 1.67 bits per heavy atom. The molecule has 1 rings (SSSR count). The highest BCUT2D eigenvalue weighted by Gasteiger charge is 2.34. The normalized spacial score (nSPS) is 22.6. The van der Waals surface area contributed by atoms with E-state index in [0.29, 0.717) is 5.92 Å². The van der Waals surface area contributed by atoms with Crippen LogP contribution in [0.3, 0.4) is 0 Å². The average molecular weight is 213 g/mol. The smallest absolute Gasteiger partial charge is 0.0694 e. The molecule has 15 heavy (non-hydrogen) atoms. The van der Waals surface area contributed by atoms with Crippen LogP contribution in [0.1, 0.15) is 47.0 Å². The standard InChI is InChI=1S/C13H27NO/c1-11(2)5-8-14-9-6-13(15,7-10-14)12(3)4/h11-12,15H,5-10H2,1-4H3. The summed E-state index contributed by atoms with van der Waals surface area (Å²) in [7, 11) is 0. The van der Waals surface area contributed by atoms with E-state index in [-0.39, 0.29) is 0 Å². The van der Waals surface area contributed by atoms with E-state index in [1.807, 2.05) is 0 Å². The van der Waals surface area contributed by atoms with Crippen molar-refractivity contribution in [2.75, 3.05) is 19.6 Å². The lowest BCUT2D eigenvalue weighted by molar-refractivity contribution is -0.0568. The maximum atomic E-state index is 10.3. The van der Waals surface area contributed by atoms with Gasteiger partial charge in [-0.3, -0.25) is 0 Å². The van der Waals surface area contributed by atoms with Crippen molar-refractivity contribution in [3.63, 3.8) is 0 Å². The maximum Gasteiger partial charge on any atom is 0.0694 e. The fourth-order valence-corrected chi connectivity index (χ4v) is 2.18. The first kappa shape index (κ1) is 13.0. The highest BCUT2D eigenvalue weighted by Crippen LogP contribution is 2.29. The minimum absolute atomic E-state index is 0.393. The summed E-state index contributed by atoms with van der Waals surface area (Å²) in [6.07, 6.45) is 3.17. The summed E-state index contributed by atoms with van der Waals surface area (Å²) in [6.45, 7) is 12.1. The first-order valence-corrected chi connectivity index (χ1v) is 6.39. The van der Waals surface area contributed by atoms with E-state index in [2.05, 4.69) is 32.6 Å². The van der Waals surface area contributed by atoms with Crippen LogP contribution in [0.4, 0.5) is 0 Å². The second kappa shape index (κ2) is 5.31. The summed E-state index contributed by atoms with van der Waals surface area (Å²) in [5.41, 5.74) is -0.395. The van der Waals surface area contributed by atoms with Gasteiger partial charge in [0.25, 0.3) is 0 Å². The van der Waals surface area contributed by atoms with Gasteiger partial charge in [0.15, 0.2) is 0 Å². The van der Waals surface area contributed by atoms with E-state index in [4.69, 9.17) is 0 Å². The topological polar surface area (TPSA) is 23.5 Å². The SMILES string of the molecule is CC(C)CCN1CCC(O)(C(C)C)CC1. The number of hydrogen-bond acceptors (Lipinski definition) is 2. The maximum absolute atomic E-state index is 10.3. The van der Waals surface area contributed by atoms with E-state index in [1.165, 1.54) is 13.0 Å². The van der Waals surface area contributed by atoms with Gasteiger partial charge in [0, 0.05) is 13.1 Å². The minimum Gasteiger partial charge on any atom is -0.390 e. The molecule has 1 fully saturated rings. The molecule has 1 heterocycles. The molecule has 0 spiro atoms. The lowest BCUT2D eigenvalue weighted by Gasteiger charge is -2.41. The molecule has 0 bridgehead atoms. The summed E-state index contributed by atoms with van der Waals surface area (Å²) < 4.78 is 0. The summed E-state index contributed by atoms with van der Waals surface area (Å²) >= 11 is 0. The van der Waals surface area contributed by atoms with Crippen molar-refractivity contribution >= 4 is 0 Å². The zero-order chi connectivity index (χ0) is 11.5. The third kappa shape index (κ3) is 3.76. The number of piperidine rings is 1. The predicted molar refractivity (Wildman–Crippen MR) is 64.9 cm³/mol. The fraction of sp³-hybridized carbons (Fsp3) is 1.00. The zero-order valence-corrected chi connectivity index (χ0v) is 10.8. The van der Waals surface area contributed by atoms with Gasteiger partial charge in [-0.05, 0) is 37.6 Å². The molecule has 1 saturated heterocycles. The zero-order valence-electron chi connectivity index (χ0n) is 10.8. The molecule has 1 aliphatic rings. The van der Waals surface area contributed by atoms with E-state index < -0.39 is 5.60 Å². The lowest BCUT2D eigenvalue weighted by Crippen LogP contribution is -2.47. The van der Waals surface area contributed by atoms with Crippen molar-refractivity contribution < 1.29 is 5.11 Å². The molecule has 0 aliphatic carbocycles. The number of likely N-dealkylation sites (tertiary alicyclic amines) is 1. The molecular weight excluding hydrogens is 186 g/mol. The first-order chi connectivity index (χ1) is 6.94. The molecule has 1 aliphatic heterocycles. The van der Waals surface area contributed by atoms with E-state index in [1.54, 1.807) is 0 Å². The van der Waals surface area contributed by atoms with Crippen LogP contribution in [0.15, 0.2) is 0 Å². The molecule has 0 aromatic heterocycles. The van der Waals surface area contributed by atoms with Crippen LogP contribution < -0.4 is 0 Å². The van der Waals surface area contributed by atoms with Crippen LogP contribution >= 0.6 is 0 Å². The molecule has 0 aromatic rings. The molecule has 90 valence electrons. The Morgan fingerprint density at radius 1 is 1.13 bits per heavy atom. The van der Waals surface area contributed by atoms with Gasteiger partial charge in [-0.1, -0.05) is 27.7 Å². The van der Waals surface area contributed by atoms with E-state index in [0.717, 1.165) is 31.8 Å². The van der Waals surface area contributed by atoms with Crippen molar-refractivity contribution in [1.82, 2.24) is 4.90 Å². The van der Waals surface area contributed by atoms with Crippen molar-refractivity contribution in [2.45, 2.75) is 52.6 Å². The van der Waals surface area contributed by atoms with Crippen LogP contribution in [0.2, 0.25) is 0 Å². The molecule has 0 amide bonds. The highest BCUT2D eigenvalue weighted by molar-refractivity contribution is 4.88. The molecule has 0 saturated carbocycles. The highest BCUT2D eigenvalue weighted by atomic mass is 16.3. The first-order valence-electron chi connectivity index (χ1n) is 6.39. The van der Waals surface area contributed by atoms with E-state index >= 15 is 0 Å². The second-order valence-electron chi connectivity index (χ2n) is 5.78. The monoisotopic (exact) mass is 213 g/mol. The van der Waals surface area contributed by atoms with Crippen LogP contribution in [-0.4, -0.2) is 35.2 Å². The summed E-state index contributed by atoms with van der Waals surface area (Å²) in [5, 5.41) is 10.3. The Labute approximate surface area is 94.7 Å². The summed E-state index contributed by atoms with van der Waals surface area (Å²) in [5.74, 6) is 1.18. The van der Waals surface area contributed by atoms with Gasteiger partial charge < -0.3 is 10.0 Å². The molecule has 0 unspecified atom stereocenters. The van der Waals surface area contributed by atoms with Gasteiger partial charge in [0.1, 0.15) is 0 Å². The van der Waals surface area contributed by atoms with Gasteiger partial charge >= 0.3 is 0 Å². The number of aliphatic hydroxyl groups is 1. The fourth-order valence-electron chi connectivity index (χ4n) is 2.18. The third-order valence-electron chi connectivity index (χ3n) is 3.82. The van der Waals surface area contributed by atoms with Gasteiger partial charge in [0.2, 0.25) is 0 Å². The Kier molecular flexibility index (Phi) is 4.60. The predicted octanol–water partition coefficient (Wildman–Crippen LogP) is 2.52. The number of hydrogen-bond donors (Lipinski definition) is 1. The largest absolute Gasteiger partial charge is 0.390 e. The Balaban J connectivity index is 2.29. The van der Waals surface area contributed by atoms with Gasteiger partial charge in [-0.2, -0.15) is 0 Å². The van der Waals surface area contributed by atoms with Crippen molar-refractivity contribution in [3.05, 3.63) is 0 Å². The second-order valence-corrected chi connectivity index (χ2v) is 5.78. The molecule has 1 N–H and O–H groups in total. The molecular formula is C13H27NO. The van der Waals surface area contributed by atoms with Crippen molar-refractivity contribution in [3.8, 4) is 0 Å². The van der Waals surface area contributed by atoms with E-state index in [9.17, 15) is 5.11 Å². The van der Waals surface area contributed by atoms with Crippen LogP contribution in [0, 0.1) is 11.8 Å².